The average molecular weight is 260 g/mol. The van der Waals surface area contributed by atoms with Gasteiger partial charge in [-0.3, -0.25) is 0 Å². The molecule has 0 aliphatic carbocycles. The Labute approximate surface area is 113 Å². The van der Waals surface area contributed by atoms with Crippen molar-refractivity contribution in [3.8, 4) is 0 Å². The molecule has 0 saturated heterocycles. The van der Waals surface area contributed by atoms with Crippen molar-refractivity contribution in [1.82, 2.24) is 0 Å². The van der Waals surface area contributed by atoms with Crippen molar-refractivity contribution in [2.75, 3.05) is 19.8 Å². The molecule has 0 saturated carbocycles. The fourth-order valence-corrected chi connectivity index (χ4v) is 2.43. The smallest absolute Gasteiger partial charge is 0.0471 e. The largest absolute Gasteiger partial charge is 0.396 e. The van der Waals surface area contributed by atoms with Crippen molar-refractivity contribution in [2.45, 2.75) is 19.3 Å². The van der Waals surface area contributed by atoms with E-state index in [1.54, 1.807) is 0 Å². The summed E-state index contributed by atoms with van der Waals surface area (Å²) in [5, 5.41) is 29.5. The van der Waals surface area contributed by atoms with Gasteiger partial charge in [0.1, 0.15) is 0 Å². The Morgan fingerprint density at radius 1 is 0.632 bits per heavy atom. The molecule has 3 heteroatoms. The fraction of sp³-hybridized carbons (Fsp3) is 0.375. The van der Waals surface area contributed by atoms with Gasteiger partial charge in [0.15, 0.2) is 0 Å². The summed E-state index contributed by atoms with van der Waals surface area (Å²) < 4.78 is 0. The Bertz CT molecular complexity index is 549. The Morgan fingerprint density at radius 3 is 1.79 bits per heavy atom. The lowest BCUT2D eigenvalue weighted by Crippen LogP contribution is -2.01. The molecule has 0 fully saturated rings. The van der Waals surface area contributed by atoms with Crippen LogP contribution in [0.3, 0.4) is 0 Å². The van der Waals surface area contributed by atoms with Gasteiger partial charge in [-0.1, -0.05) is 30.3 Å². The van der Waals surface area contributed by atoms with Gasteiger partial charge >= 0.3 is 0 Å². The van der Waals surface area contributed by atoms with E-state index in [0.717, 1.165) is 27.5 Å². The monoisotopic (exact) mass is 260 g/mol. The Kier molecular flexibility index (Phi) is 4.91. The van der Waals surface area contributed by atoms with Crippen LogP contribution in [0.15, 0.2) is 30.3 Å². The summed E-state index contributed by atoms with van der Waals surface area (Å²) in [4.78, 5) is 0. The van der Waals surface area contributed by atoms with E-state index >= 15 is 0 Å². The number of benzene rings is 2. The first-order chi connectivity index (χ1) is 9.28. The molecule has 0 radical (unpaired) electrons. The summed E-state index contributed by atoms with van der Waals surface area (Å²) in [7, 11) is 0. The van der Waals surface area contributed by atoms with Gasteiger partial charge in [-0.25, -0.2) is 0 Å². The van der Waals surface area contributed by atoms with Gasteiger partial charge in [0.2, 0.25) is 0 Å². The third-order valence-corrected chi connectivity index (χ3v) is 3.39. The Hall–Kier alpha value is -1.42. The van der Waals surface area contributed by atoms with E-state index in [4.69, 9.17) is 15.3 Å². The Morgan fingerprint density at radius 2 is 1.21 bits per heavy atom. The van der Waals surface area contributed by atoms with Gasteiger partial charge in [-0.15, -0.1) is 0 Å². The average Bonchev–Trinajstić information content (AvgIpc) is 2.40. The maximum atomic E-state index is 9.13. The quantitative estimate of drug-likeness (QED) is 0.736. The van der Waals surface area contributed by atoms with E-state index in [-0.39, 0.29) is 19.8 Å². The molecule has 3 N–H and O–H groups in total. The van der Waals surface area contributed by atoms with Crippen LogP contribution in [0.4, 0.5) is 0 Å². The molecule has 19 heavy (non-hydrogen) atoms. The molecule has 0 amide bonds. The minimum absolute atomic E-state index is 0.111. The molecule has 102 valence electrons. The van der Waals surface area contributed by atoms with Crippen LogP contribution in [0.2, 0.25) is 0 Å². The van der Waals surface area contributed by atoms with Crippen molar-refractivity contribution in [2.24, 2.45) is 0 Å². The summed E-state index contributed by atoms with van der Waals surface area (Å²) in [6, 6.07) is 10.3. The SMILES string of the molecule is OCCc1ccc2cc(CCO)c(CCO)cc2c1. The predicted molar refractivity (Wildman–Crippen MR) is 76.3 cm³/mol. The van der Waals surface area contributed by atoms with Crippen LogP contribution >= 0.6 is 0 Å². The summed E-state index contributed by atoms with van der Waals surface area (Å²) in [5.41, 5.74) is 3.30. The first-order valence-electron chi connectivity index (χ1n) is 6.65. The maximum absolute atomic E-state index is 9.13. The zero-order chi connectivity index (χ0) is 13.7. The zero-order valence-electron chi connectivity index (χ0n) is 11.0. The molecule has 0 heterocycles. The minimum Gasteiger partial charge on any atom is -0.396 e. The third kappa shape index (κ3) is 3.32. The molecule has 2 rings (SSSR count). The number of fused-ring (bicyclic) bond motifs is 1. The normalized spacial score (nSPS) is 11.1. The van der Waals surface area contributed by atoms with Gasteiger partial charge in [0.05, 0.1) is 0 Å². The Balaban J connectivity index is 2.46. The van der Waals surface area contributed by atoms with Crippen LogP contribution in [-0.4, -0.2) is 35.1 Å². The van der Waals surface area contributed by atoms with E-state index in [1.165, 1.54) is 0 Å². The van der Waals surface area contributed by atoms with Crippen LogP contribution < -0.4 is 0 Å². The molecule has 3 nitrogen and oxygen atoms in total. The first kappa shape index (κ1) is 14.0. The molecule has 0 aliphatic rings. The van der Waals surface area contributed by atoms with E-state index in [0.29, 0.717) is 19.3 Å². The van der Waals surface area contributed by atoms with Crippen molar-refractivity contribution in [3.05, 3.63) is 47.0 Å². The summed E-state index contributed by atoms with van der Waals surface area (Å²) in [6.07, 6.45) is 1.88. The van der Waals surface area contributed by atoms with E-state index in [1.807, 2.05) is 12.1 Å². The summed E-state index contributed by atoms with van der Waals surface area (Å²) in [5.74, 6) is 0. The van der Waals surface area contributed by atoms with Crippen LogP contribution in [0.1, 0.15) is 16.7 Å². The first-order valence-corrected chi connectivity index (χ1v) is 6.65. The van der Waals surface area contributed by atoms with Crippen LogP contribution in [0, 0.1) is 0 Å². The lowest BCUT2D eigenvalue weighted by atomic mass is 9.95. The highest BCUT2D eigenvalue weighted by Gasteiger charge is 2.05. The second-order valence-corrected chi connectivity index (χ2v) is 4.72. The van der Waals surface area contributed by atoms with E-state index in [2.05, 4.69) is 18.2 Å². The van der Waals surface area contributed by atoms with Gasteiger partial charge in [0.25, 0.3) is 0 Å². The predicted octanol–water partition coefficient (Wildman–Crippen LogP) is 1.44. The zero-order valence-corrected chi connectivity index (χ0v) is 11.0. The summed E-state index contributed by atoms with van der Waals surface area (Å²) >= 11 is 0. The number of rotatable bonds is 6. The lowest BCUT2D eigenvalue weighted by molar-refractivity contribution is 0.293. The molecule has 0 aliphatic heterocycles. The number of aliphatic hydroxyl groups is 3. The van der Waals surface area contributed by atoms with Gasteiger partial charge in [-0.2, -0.15) is 0 Å². The van der Waals surface area contributed by atoms with Crippen molar-refractivity contribution in [1.29, 1.82) is 0 Å². The van der Waals surface area contributed by atoms with Crippen molar-refractivity contribution < 1.29 is 15.3 Å². The number of hydrogen-bond donors (Lipinski definition) is 3. The van der Waals surface area contributed by atoms with E-state index < -0.39 is 0 Å². The molecule has 2 aromatic carbocycles. The molecular weight excluding hydrogens is 240 g/mol. The van der Waals surface area contributed by atoms with Gasteiger partial charge < -0.3 is 15.3 Å². The number of aliphatic hydroxyl groups excluding tert-OH is 3. The molecule has 0 aromatic heterocycles. The minimum atomic E-state index is 0.111. The summed E-state index contributed by atoms with van der Waals surface area (Å²) in [6.45, 7) is 0.379. The third-order valence-electron chi connectivity index (χ3n) is 3.39. The molecule has 0 atom stereocenters. The van der Waals surface area contributed by atoms with Gasteiger partial charge in [-0.05, 0) is 46.7 Å². The van der Waals surface area contributed by atoms with Crippen molar-refractivity contribution >= 4 is 10.8 Å². The molecule has 0 unspecified atom stereocenters. The van der Waals surface area contributed by atoms with E-state index in [9.17, 15) is 0 Å². The van der Waals surface area contributed by atoms with Crippen LogP contribution in [0.5, 0.6) is 0 Å². The van der Waals surface area contributed by atoms with Gasteiger partial charge in [0, 0.05) is 19.8 Å². The standard InChI is InChI=1S/C16H20O3/c17-6-3-12-1-2-13-10-14(4-7-18)15(5-8-19)11-16(13)9-12/h1-2,9-11,17-19H,3-8H2. The maximum Gasteiger partial charge on any atom is 0.0471 e. The highest BCUT2D eigenvalue weighted by molar-refractivity contribution is 5.85. The van der Waals surface area contributed by atoms with Crippen molar-refractivity contribution in [3.63, 3.8) is 0 Å². The molecule has 0 spiro atoms. The highest BCUT2D eigenvalue weighted by atomic mass is 16.3. The molecule has 0 bridgehead atoms. The van der Waals surface area contributed by atoms with Crippen LogP contribution in [0.25, 0.3) is 10.8 Å². The fourth-order valence-electron chi connectivity index (χ4n) is 2.43. The lowest BCUT2D eigenvalue weighted by Gasteiger charge is -2.11. The molecular formula is C16H20O3. The second kappa shape index (κ2) is 6.66. The highest BCUT2D eigenvalue weighted by Crippen LogP contribution is 2.23. The second-order valence-electron chi connectivity index (χ2n) is 4.72. The number of hydrogen-bond acceptors (Lipinski definition) is 3. The molecule has 2 aromatic rings. The van der Waals surface area contributed by atoms with Crippen LogP contribution in [-0.2, 0) is 19.3 Å². The topological polar surface area (TPSA) is 60.7 Å².